The highest BCUT2D eigenvalue weighted by Crippen LogP contribution is 2.41. The Hall–Kier alpha value is -1.56. The summed E-state index contributed by atoms with van der Waals surface area (Å²) < 4.78 is 0. The van der Waals surface area contributed by atoms with E-state index >= 15 is 0 Å². The lowest BCUT2D eigenvalue weighted by Crippen LogP contribution is -2.01. The minimum absolute atomic E-state index is 0.809. The Morgan fingerprint density at radius 1 is 0.880 bits per heavy atom. The zero-order valence-electron chi connectivity index (χ0n) is 16.0. The number of fused-ring (bicyclic) bond motifs is 2. The second-order valence-corrected chi connectivity index (χ2v) is 8.40. The van der Waals surface area contributed by atoms with Crippen LogP contribution in [0, 0.1) is 5.92 Å². The summed E-state index contributed by atoms with van der Waals surface area (Å²) in [6, 6.07) is 12.2. The highest BCUT2D eigenvalue weighted by Gasteiger charge is 2.26. The SMILES string of the molecule is CCCCc1ccc(-c2c3c(cc4c2CC(C)C4)CCCCC3)cc1. The summed E-state index contributed by atoms with van der Waals surface area (Å²) in [7, 11) is 0. The Balaban J connectivity index is 1.79. The van der Waals surface area contributed by atoms with Gasteiger partial charge in [0.25, 0.3) is 0 Å². The summed E-state index contributed by atoms with van der Waals surface area (Å²) in [5.41, 5.74) is 11.3. The molecule has 0 heterocycles. The molecule has 132 valence electrons. The third-order valence-corrected chi connectivity index (χ3v) is 6.28. The molecular weight excluding hydrogens is 300 g/mol. The van der Waals surface area contributed by atoms with Crippen LogP contribution < -0.4 is 0 Å². The molecule has 2 aliphatic carbocycles. The van der Waals surface area contributed by atoms with Gasteiger partial charge in [-0.25, -0.2) is 0 Å². The van der Waals surface area contributed by atoms with E-state index in [1.807, 2.05) is 0 Å². The Labute approximate surface area is 153 Å². The summed E-state index contributed by atoms with van der Waals surface area (Å²) in [4.78, 5) is 0. The van der Waals surface area contributed by atoms with Crippen LogP contribution in [0.15, 0.2) is 30.3 Å². The van der Waals surface area contributed by atoms with Gasteiger partial charge >= 0.3 is 0 Å². The van der Waals surface area contributed by atoms with Gasteiger partial charge in [0, 0.05) is 0 Å². The van der Waals surface area contributed by atoms with Crippen molar-refractivity contribution >= 4 is 0 Å². The van der Waals surface area contributed by atoms with Crippen LogP contribution in [-0.2, 0) is 32.1 Å². The molecule has 2 aliphatic rings. The fraction of sp³-hybridized carbons (Fsp3) is 0.520. The van der Waals surface area contributed by atoms with Crippen LogP contribution in [0.25, 0.3) is 11.1 Å². The Bertz CT molecular complexity index is 736. The molecule has 0 saturated carbocycles. The minimum atomic E-state index is 0.809. The topological polar surface area (TPSA) is 0 Å². The standard InChI is InChI=1S/C25H32/c1-3-4-8-19-11-13-20(14-12-19)25-23-10-7-5-6-9-21(23)17-22-15-18(2)16-24(22)25/h11-14,17-18H,3-10,15-16H2,1-2H3. The summed E-state index contributed by atoms with van der Waals surface area (Å²) in [6.07, 6.45) is 13.1. The average Bonchev–Trinajstić information content (AvgIpc) is 2.84. The molecule has 0 nitrogen and oxygen atoms in total. The first-order valence-electron chi connectivity index (χ1n) is 10.5. The number of unbranched alkanes of at least 4 members (excludes halogenated alkanes) is 1. The predicted octanol–water partition coefficient (Wildman–Crippen LogP) is 6.70. The lowest BCUT2D eigenvalue weighted by Gasteiger charge is -2.19. The fourth-order valence-corrected chi connectivity index (χ4v) is 4.97. The monoisotopic (exact) mass is 332 g/mol. The lowest BCUT2D eigenvalue weighted by atomic mass is 9.86. The van der Waals surface area contributed by atoms with Crippen molar-refractivity contribution in [1.82, 2.24) is 0 Å². The van der Waals surface area contributed by atoms with E-state index in [0.29, 0.717) is 0 Å². The summed E-state index contributed by atoms with van der Waals surface area (Å²) in [5, 5.41) is 0. The molecule has 0 amide bonds. The zero-order valence-corrected chi connectivity index (χ0v) is 16.0. The van der Waals surface area contributed by atoms with E-state index in [1.165, 1.54) is 75.3 Å². The molecule has 25 heavy (non-hydrogen) atoms. The number of benzene rings is 2. The largest absolute Gasteiger partial charge is 0.0654 e. The molecule has 2 aromatic carbocycles. The minimum Gasteiger partial charge on any atom is -0.0654 e. The van der Waals surface area contributed by atoms with Gasteiger partial charge in [-0.15, -0.1) is 0 Å². The van der Waals surface area contributed by atoms with Crippen molar-refractivity contribution in [3.8, 4) is 11.1 Å². The second kappa shape index (κ2) is 7.36. The van der Waals surface area contributed by atoms with Gasteiger partial charge in [0.15, 0.2) is 0 Å². The molecule has 2 aromatic rings. The quantitative estimate of drug-likeness (QED) is 0.546. The van der Waals surface area contributed by atoms with Crippen LogP contribution in [0.2, 0.25) is 0 Å². The van der Waals surface area contributed by atoms with Gasteiger partial charge in [0.2, 0.25) is 0 Å². The predicted molar refractivity (Wildman–Crippen MR) is 108 cm³/mol. The number of rotatable bonds is 4. The van der Waals surface area contributed by atoms with E-state index in [2.05, 4.69) is 44.2 Å². The normalized spacial score (nSPS) is 19.4. The van der Waals surface area contributed by atoms with Crippen LogP contribution in [0.1, 0.15) is 73.8 Å². The second-order valence-electron chi connectivity index (χ2n) is 8.40. The van der Waals surface area contributed by atoms with Crippen molar-refractivity contribution in [3.63, 3.8) is 0 Å². The van der Waals surface area contributed by atoms with E-state index in [0.717, 1.165) is 5.92 Å². The molecule has 0 bridgehead atoms. The van der Waals surface area contributed by atoms with E-state index in [1.54, 1.807) is 27.8 Å². The molecule has 0 radical (unpaired) electrons. The number of aryl methyl sites for hydroxylation is 2. The van der Waals surface area contributed by atoms with Crippen LogP contribution in [0.3, 0.4) is 0 Å². The van der Waals surface area contributed by atoms with Gasteiger partial charge in [0.05, 0.1) is 0 Å². The van der Waals surface area contributed by atoms with Gasteiger partial charge in [0.1, 0.15) is 0 Å². The molecule has 0 aromatic heterocycles. The molecule has 0 aliphatic heterocycles. The van der Waals surface area contributed by atoms with Gasteiger partial charge in [-0.2, -0.15) is 0 Å². The third-order valence-electron chi connectivity index (χ3n) is 6.28. The van der Waals surface area contributed by atoms with Crippen LogP contribution in [0.5, 0.6) is 0 Å². The van der Waals surface area contributed by atoms with E-state index in [4.69, 9.17) is 0 Å². The number of hydrogen-bond donors (Lipinski definition) is 0. The lowest BCUT2D eigenvalue weighted by molar-refractivity contribution is 0.627. The highest BCUT2D eigenvalue weighted by molar-refractivity contribution is 5.75. The molecule has 4 rings (SSSR count). The van der Waals surface area contributed by atoms with Crippen LogP contribution in [0.4, 0.5) is 0 Å². The molecule has 1 unspecified atom stereocenters. The van der Waals surface area contributed by atoms with Crippen molar-refractivity contribution in [2.24, 2.45) is 5.92 Å². The Morgan fingerprint density at radius 2 is 1.68 bits per heavy atom. The molecule has 0 saturated heterocycles. The van der Waals surface area contributed by atoms with Gasteiger partial charge in [-0.1, -0.05) is 57.0 Å². The summed E-state index contributed by atoms with van der Waals surface area (Å²) in [6.45, 7) is 4.70. The van der Waals surface area contributed by atoms with E-state index in [-0.39, 0.29) is 0 Å². The van der Waals surface area contributed by atoms with Crippen LogP contribution in [-0.4, -0.2) is 0 Å². The Morgan fingerprint density at radius 3 is 2.48 bits per heavy atom. The maximum Gasteiger partial charge on any atom is -0.0114 e. The first-order chi connectivity index (χ1) is 12.3. The van der Waals surface area contributed by atoms with Crippen molar-refractivity contribution in [3.05, 3.63) is 58.1 Å². The van der Waals surface area contributed by atoms with Gasteiger partial charge < -0.3 is 0 Å². The Kier molecular flexibility index (Phi) is 4.97. The van der Waals surface area contributed by atoms with Gasteiger partial charge in [-0.05, 0) is 96.2 Å². The number of hydrogen-bond acceptors (Lipinski definition) is 0. The van der Waals surface area contributed by atoms with Crippen molar-refractivity contribution in [2.75, 3.05) is 0 Å². The molecular formula is C25H32. The fourth-order valence-electron chi connectivity index (χ4n) is 4.97. The van der Waals surface area contributed by atoms with Crippen molar-refractivity contribution in [1.29, 1.82) is 0 Å². The van der Waals surface area contributed by atoms with Gasteiger partial charge in [-0.3, -0.25) is 0 Å². The molecule has 0 spiro atoms. The summed E-state index contributed by atoms with van der Waals surface area (Å²) >= 11 is 0. The molecule has 0 fully saturated rings. The van der Waals surface area contributed by atoms with Crippen LogP contribution >= 0.6 is 0 Å². The van der Waals surface area contributed by atoms with E-state index < -0.39 is 0 Å². The van der Waals surface area contributed by atoms with Crippen molar-refractivity contribution < 1.29 is 0 Å². The maximum absolute atomic E-state index is 2.58. The first kappa shape index (κ1) is 16.9. The third kappa shape index (κ3) is 3.41. The molecule has 0 N–H and O–H groups in total. The zero-order chi connectivity index (χ0) is 17.2. The first-order valence-corrected chi connectivity index (χ1v) is 10.5. The molecule has 0 heteroatoms. The van der Waals surface area contributed by atoms with E-state index in [9.17, 15) is 0 Å². The highest BCUT2D eigenvalue weighted by atomic mass is 14.3. The maximum atomic E-state index is 2.58. The average molecular weight is 333 g/mol. The molecule has 1 atom stereocenters. The van der Waals surface area contributed by atoms with Crippen molar-refractivity contribution in [2.45, 2.75) is 78.1 Å². The smallest absolute Gasteiger partial charge is 0.0114 e. The summed E-state index contributed by atoms with van der Waals surface area (Å²) in [5.74, 6) is 0.809.